The average Bonchev–Trinajstić information content (AvgIpc) is 2.30. The normalized spacial score (nSPS) is 19.6. The summed E-state index contributed by atoms with van der Waals surface area (Å²) in [6.45, 7) is 15.1. The van der Waals surface area contributed by atoms with E-state index in [0.717, 1.165) is 25.9 Å². The molecule has 0 radical (unpaired) electrons. The molecule has 0 aromatic heterocycles. The Morgan fingerprint density at radius 3 is 2.56 bits per heavy atom. The summed E-state index contributed by atoms with van der Waals surface area (Å²) < 4.78 is 5.36. The first-order valence-corrected chi connectivity index (χ1v) is 7.01. The fraction of sp³-hybridized carbons (Fsp3) is 0.800. The van der Waals surface area contributed by atoms with Crippen LogP contribution in [0.5, 0.6) is 0 Å². The maximum absolute atomic E-state index is 11.8. The minimum absolute atomic E-state index is 0.179. The predicted molar refractivity (Wildman–Crippen MR) is 76.7 cm³/mol. The number of nitrogens with zero attached hydrogens (tertiary/aromatic N) is 1. The van der Waals surface area contributed by atoms with Crippen LogP contribution in [-0.2, 0) is 4.74 Å². The van der Waals surface area contributed by atoms with Gasteiger partial charge in [-0.25, -0.2) is 4.79 Å². The number of carbonyl (C=O) groups excluding carboxylic acids is 1. The Balaban J connectivity index is 0.00000137. The van der Waals surface area contributed by atoms with Crippen molar-refractivity contribution in [1.29, 1.82) is 0 Å². The Morgan fingerprint density at radius 2 is 2.06 bits per heavy atom. The maximum Gasteiger partial charge on any atom is 0.410 e. The second-order valence-electron chi connectivity index (χ2n) is 5.46. The van der Waals surface area contributed by atoms with Gasteiger partial charge in [0, 0.05) is 13.1 Å². The minimum atomic E-state index is -0.400. The molecule has 0 N–H and O–H groups in total. The van der Waals surface area contributed by atoms with Crippen LogP contribution in [0.15, 0.2) is 12.7 Å². The molecule has 1 unspecified atom stereocenters. The number of hydrogen-bond donors (Lipinski definition) is 0. The SMILES string of the molecule is C=CCC1CCCN(C(=O)OC(C)(C)C)C1.CC. The maximum atomic E-state index is 11.8. The van der Waals surface area contributed by atoms with Crippen LogP contribution in [0.2, 0.25) is 0 Å². The molecule has 106 valence electrons. The van der Waals surface area contributed by atoms with Crippen molar-refractivity contribution in [3.8, 4) is 0 Å². The van der Waals surface area contributed by atoms with Crippen molar-refractivity contribution in [2.24, 2.45) is 5.92 Å². The Morgan fingerprint density at radius 1 is 1.44 bits per heavy atom. The third-order valence-corrected chi connectivity index (χ3v) is 2.67. The second-order valence-corrected chi connectivity index (χ2v) is 5.46. The highest BCUT2D eigenvalue weighted by Crippen LogP contribution is 2.21. The number of amides is 1. The van der Waals surface area contributed by atoms with Crippen LogP contribution in [0, 0.1) is 5.92 Å². The lowest BCUT2D eigenvalue weighted by Crippen LogP contribution is -2.42. The summed E-state index contributed by atoms with van der Waals surface area (Å²) >= 11 is 0. The lowest BCUT2D eigenvalue weighted by atomic mass is 9.95. The summed E-state index contributed by atoms with van der Waals surface area (Å²) in [5.41, 5.74) is -0.400. The van der Waals surface area contributed by atoms with Crippen LogP contribution < -0.4 is 0 Å². The topological polar surface area (TPSA) is 29.5 Å². The zero-order chi connectivity index (χ0) is 14.2. The molecule has 1 saturated heterocycles. The molecule has 3 heteroatoms. The Labute approximate surface area is 112 Å². The number of allylic oxidation sites excluding steroid dienone is 1. The van der Waals surface area contributed by atoms with E-state index in [1.54, 1.807) is 0 Å². The molecule has 0 spiro atoms. The van der Waals surface area contributed by atoms with Gasteiger partial charge in [-0.05, 0) is 46.0 Å². The van der Waals surface area contributed by atoms with E-state index in [2.05, 4.69) is 6.58 Å². The van der Waals surface area contributed by atoms with Gasteiger partial charge in [-0.3, -0.25) is 0 Å². The Hall–Kier alpha value is -0.990. The fourth-order valence-corrected chi connectivity index (χ4v) is 1.99. The summed E-state index contributed by atoms with van der Waals surface area (Å²) in [7, 11) is 0. The molecule has 18 heavy (non-hydrogen) atoms. The van der Waals surface area contributed by atoms with E-state index in [1.165, 1.54) is 6.42 Å². The summed E-state index contributed by atoms with van der Waals surface area (Å²) in [6.07, 6.45) is 4.99. The van der Waals surface area contributed by atoms with Crippen molar-refractivity contribution >= 4 is 6.09 Å². The highest BCUT2D eigenvalue weighted by molar-refractivity contribution is 5.68. The average molecular weight is 255 g/mol. The minimum Gasteiger partial charge on any atom is -0.444 e. The van der Waals surface area contributed by atoms with Gasteiger partial charge in [-0.15, -0.1) is 6.58 Å². The quantitative estimate of drug-likeness (QED) is 0.691. The third-order valence-electron chi connectivity index (χ3n) is 2.67. The Kier molecular flexibility index (Phi) is 7.72. The van der Waals surface area contributed by atoms with Gasteiger partial charge in [0.05, 0.1) is 0 Å². The zero-order valence-corrected chi connectivity index (χ0v) is 12.7. The summed E-state index contributed by atoms with van der Waals surface area (Å²) in [5.74, 6) is 0.554. The molecule has 0 aromatic carbocycles. The summed E-state index contributed by atoms with van der Waals surface area (Å²) in [6, 6.07) is 0. The van der Waals surface area contributed by atoms with Crippen LogP contribution in [0.3, 0.4) is 0 Å². The largest absolute Gasteiger partial charge is 0.444 e. The van der Waals surface area contributed by atoms with Crippen molar-refractivity contribution < 1.29 is 9.53 Å². The van der Waals surface area contributed by atoms with Gasteiger partial charge in [0.25, 0.3) is 0 Å². The van der Waals surface area contributed by atoms with Gasteiger partial charge in [-0.2, -0.15) is 0 Å². The molecule has 1 heterocycles. The van der Waals surface area contributed by atoms with Gasteiger partial charge in [0.2, 0.25) is 0 Å². The first-order valence-electron chi connectivity index (χ1n) is 7.01. The highest BCUT2D eigenvalue weighted by atomic mass is 16.6. The van der Waals surface area contributed by atoms with Crippen LogP contribution >= 0.6 is 0 Å². The van der Waals surface area contributed by atoms with E-state index >= 15 is 0 Å². The molecule has 1 aliphatic rings. The van der Waals surface area contributed by atoms with E-state index < -0.39 is 5.60 Å². The number of carbonyl (C=O) groups is 1. The summed E-state index contributed by atoms with van der Waals surface area (Å²) in [5, 5.41) is 0. The molecule has 0 aromatic rings. The van der Waals surface area contributed by atoms with E-state index in [4.69, 9.17) is 4.74 Å². The number of piperidine rings is 1. The number of rotatable bonds is 2. The third kappa shape index (κ3) is 6.67. The second kappa shape index (κ2) is 8.17. The molecule has 0 bridgehead atoms. The van der Waals surface area contributed by atoms with Crippen LogP contribution in [0.25, 0.3) is 0 Å². The Bertz CT molecular complexity index is 256. The molecule has 1 amide bonds. The molecule has 1 fully saturated rings. The van der Waals surface area contributed by atoms with Crippen LogP contribution in [0.4, 0.5) is 4.79 Å². The monoisotopic (exact) mass is 255 g/mol. The van der Waals surface area contributed by atoms with Gasteiger partial charge >= 0.3 is 6.09 Å². The zero-order valence-electron chi connectivity index (χ0n) is 12.7. The van der Waals surface area contributed by atoms with Crippen LogP contribution in [0.1, 0.15) is 53.9 Å². The molecule has 1 atom stereocenters. The highest BCUT2D eigenvalue weighted by Gasteiger charge is 2.26. The van der Waals surface area contributed by atoms with Gasteiger partial charge in [-0.1, -0.05) is 19.9 Å². The molecular weight excluding hydrogens is 226 g/mol. The van der Waals surface area contributed by atoms with E-state index in [9.17, 15) is 4.79 Å². The molecule has 0 aliphatic carbocycles. The van der Waals surface area contributed by atoms with Crippen molar-refractivity contribution in [3.63, 3.8) is 0 Å². The molecule has 1 aliphatic heterocycles. The van der Waals surface area contributed by atoms with Crippen molar-refractivity contribution in [2.45, 2.75) is 59.5 Å². The number of likely N-dealkylation sites (tertiary alicyclic amines) is 1. The van der Waals surface area contributed by atoms with Gasteiger partial charge < -0.3 is 9.64 Å². The van der Waals surface area contributed by atoms with E-state index in [-0.39, 0.29) is 6.09 Å². The van der Waals surface area contributed by atoms with Crippen molar-refractivity contribution in [1.82, 2.24) is 4.90 Å². The molecule has 0 saturated carbocycles. The number of ether oxygens (including phenoxy) is 1. The van der Waals surface area contributed by atoms with E-state index in [1.807, 2.05) is 45.6 Å². The standard InChI is InChI=1S/C13H23NO2.C2H6/c1-5-7-11-8-6-9-14(10-11)12(15)16-13(2,3)4;1-2/h5,11H,1,6-10H2,2-4H3;1-2H3. The first-order chi connectivity index (χ1) is 8.42. The van der Waals surface area contributed by atoms with E-state index in [0.29, 0.717) is 5.92 Å². The smallest absolute Gasteiger partial charge is 0.410 e. The summed E-state index contributed by atoms with van der Waals surface area (Å²) in [4.78, 5) is 13.7. The predicted octanol–water partition coefficient (Wildman–Crippen LogP) is 4.24. The first kappa shape index (κ1) is 17.0. The fourth-order valence-electron chi connectivity index (χ4n) is 1.99. The molecule has 3 nitrogen and oxygen atoms in total. The lowest BCUT2D eigenvalue weighted by Gasteiger charge is -2.33. The lowest BCUT2D eigenvalue weighted by molar-refractivity contribution is 0.0167. The van der Waals surface area contributed by atoms with Crippen molar-refractivity contribution in [2.75, 3.05) is 13.1 Å². The van der Waals surface area contributed by atoms with Crippen LogP contribution in [-0.4, -0.2) is 29.7 Å². The van der Waals surface area contributed by atoms with Crippen molar-refractivity contribution in [3.05, 3.63) is 12.7 Å². The molecular formula is C15H29NO2. The molecule has 1 rings (SSSR count). The van der Waals surface area contributed by atoms with Gasteiger partial charge in [0.15, 0.2) is 0 Å². The van der Waals surface area contributed by atoms with Gasteiger partial charge in [0.1, 0.15) is 5.60 Å². The number of hydrogen-bond acceptors (Lipinski definition) is 2.